The predicted molar refractivity (Wildman–Crippen MR) is 99.2 cm³/mol. The molecule has 0 amide bonds. The van der Waals surface area contributed by atoms with Crippen molar-refractivity contribution in [3.63, 3.8) is 0 Å². The minimum absolute atomic E-state index is 0.524. The molecular weight excluding hydrogens is 324 g/mol. The molecule has 0 radical (unpaired) electrons. The Morgan fingerprint density at radius 2 is 1.85 bits per heavy atom. The van der Waals surface area contributed by atoms with Gasteiger partial charge in [0.05, 0.1) is 11.3 Å². The Bertz CT molecular complexity index is 1110. The molecule has 2 aromatic carbocycles. The number of anilines is 2. The topological polar surface area (TPSA) is 78.9 Å². The van der Waals surface area contributed by atoms with Crippen LogP contribution in [-0.4, -0.2) is 19.6 Å². The SMILES string of the molecule is Cc1nc2ncnn2c(Nc2ccccc2C#N)c1Cc1ccccc1. The Labute approximate surface area is 150 Å². The first-order valence-corrected chi connectivity index (χ1v) is 8.25. The van der Waals surface area contributed by atoms with Crippen molar-refractivity contribution < 1.29 is 0 Å². The van der Waals surface area contributed by atoms with Crippen molar-refractivity contribution in [1.82, 2.24) is 19.6 Å². The van der Waals surface area contributed by atoms with Gasteiger partial charge in [0.1, 0.15) is 18.2 Å². The van der Waals surface area contributed by atoms with Gasteiger partial charge in [0.2, 0.25) is 0 Å². The molecular formula is C20H16N6. The van der Waals surface area contributed by atoms with Gasteiger partial charge in [0.15, 0.2) is 0 Å². The number of hydrogen-bond acceptors (Lipinski definition) is 5. The second kappa shape index (κ2) is 6.65. The van der Waals surface area contributed by atoms with Gasteiger partial charge in [-0.15, -0.1) is 0 Å². The molecule has 0 unspecified atom stereocenters. The number of benzene rings is 2. The second-order valence-corrected chi connectivity index (χ2v) is 5.94. The van der Waals surface area contributed by atoms with Crippen molar-refractivity contribution in [2.24, 2.45) is 0 Å². The van der Waals surface area contributed by atoms with Crippen molar-refractivity contribution >= 4 is 17.3 Å². The van der Waals surface area contributed by atoms with Gasteiger partial charge < -0.3 is 5.32 Å². The summed E-state index contributed by atoms with van der Waals surface area (Å²) in [7, 11) is 0. The van der Waals surface area contributed by atoms with Crippen LogP contribution < -0.4 is 5.32 Å². The second-order valence-electron chi connectivity index (χ2n) is 5.94. The fraction of sp³-hybridized carbons (Fsp3) is 0.100. The van der Waals surface area contributed by atoms with Crippen molar-refractivity contribution in [2.75, 3.05) is 5.32 Å². The molecule has 1 N–H and O–H groups in total. The zero-order valence-electron chi connectivity index (χ0n) is 14.2. The molecule has 0 saturated carbocycles. The van der Waals surface area contributed by atoms with Crippen molar-refractivity contribution in [3.05, 3.63) is 83.3 Å². The lowest BCUT2D eigenvalue weighted by atomic mass is 10.0. The van der Waals surface area contributed by atoms with Gasteiger partial charge in [0, 0.05) is 17.7 Å². The number of rotatable bonds is 4. The van der Waals surface area contributed by atoms with E-state index in [0.29, 0.717) is 17.8 Å². The van der Waals surface area contributed by atoms with E-state index in [0.717, 1.165) is 22.8 Å². The van der Waals surface area contributed by atoms with Crippen LogP contribution in [0.15, 0.2) is 60.9 Å². The Morgan fingerprint density at radius 3 is 2.65 bits per heavy atom. The van der Waals surface area contributed by atoms with Gasteiger partial charge >= 0.3 is 0 Å². The summed E-state index contributed by atoms with van der Waals surface area (Å²) < 4.78 is 1.68. The van der Waals surface area contributed by atoms with Crippen LogP contribution in [0.5, 0.6) is 0 Å². The maximum absolute atomic E-state index is 9.39. The lowest BCUT2D eigenvalue weighted by molar-refractivity contribution is 0.910. The van der Waals surface area contributed by atoms with E-state index in [2.05, 4.69) is 38.6 Å². The van der Waals surface area contributed by atoms with E-state index in [4.69, 9.17) is 0 Å². The molecule has 0 saturated heterocycles. The molecule has 2 heterocycles. The number of hydrogen-bond donors (Lipinski definition) is 1. The summed E-state index contributed by atoms with van der Waals surface area (Å²) in [6, 6.07) is 19.8. The minimum atomic E-state index is 0.524. The minimum Gasteiger partial charge on any atom is -0.339 e. The molecule has 4 rings (SSSR count). The summed E-state index contributed by atoms with van der Waals surface area (Å²) in [5.41, 5.74) is 4.37. The van der Waals surface area contributed by atoms with E-state index in [-0.39, 0.29) is 0 Å². The van der Waals surface area contributed by atoms with Crippen LogP contribution in [-0.2, 0) is 6.42 Å². The maximum Gasteiger partial charge on any atom is 0.254 e. The third kappa shape index (κ3) is 2.87. The Hall–Kier alpha value is -3.72. The lowest BCUT2D eigenvalue weighted by Crippen LogP contribution is -2.10. The van der Waals surface area contributed by atoms with Crippen LogP contribution in [0.4, 0.5) is 11.5 Å². The molecule has 0 aliphatic carbocycles. The molecule has 0 fully saturated rings. The Morgan fingerprint density at radius 1 is 1.08 bits per heavy atom. The fourth-order valence-corrected chi connectivity index (χ4v) is 2.94. The normalized spacial score (nSPS) is 10.6. The summed E-state index contributed by atoms with van der Waals surface area (Å²) in [6.07, 6.45) is 2.18. The Kier molecular flexibility index (Phi) is 4.04. The standard InChI is InChI=1S/C20H16N6/c1-14-17(11-15-7-3-2-4-8-15)19(26-20(24-14)22-13-23-26)25-18-10-6-5-9-16(18)12-21/h2-10,13,25H,11H2,1H3. The van der Waals surface area contributed by atoms with Crippen molar-refractivity contribution in [2.45, 2.75) is 13.3 Å². The van der Waals surface area contributed by atoms with E-state index in [1.165, 1.54) is 11.9 Å². The van der Waals surface area contributed by atoms with E-state index >= 15 is 0 Å². The number of nitrogens with one attached hydrogen (secondary N) is 1. The molecule has 126 valence electrons. The number of aromatic nitrogens is 4. The van der Waals surface area contributed by atoms with Crippen molar-refractivity contribution in [1.29, 1.82) is 5.26 Å². The van der Waals surface area contributed by atoms with E-state index in [9.17, 15) is 5.26 Å². The van der Waals surface area contributed by atoms with Crippen LogP contribution in [0.25, 0.3) is 5.78 Å². The van der Waals surface area contributed by atoms with Crippen LogP contribution in [0.2, 0.25) is 0 Å². The third-order valence-electron chi connectivity index (χ3n) is 4.26. The molecule has 0 atom stereocenters. The predicted octanol–water partition coefficient (Wildman–Crippen LogP) is 3.64. The molecule has 26 heavy (non-hydrogen) atoms. The van der Waals surface area contributed by atoms with Gasteiger partial charge in [-0.25, -0.2) is 4.98 Å². The fourth-order valence-electron chi connectivity index (χ4n) is 2.94. The zero-order chi connectivity index (χ0) is 17.9. The number of nitrogens with zero attached hydrogens (tertiary/aromatic N) is 5. The molecule has 0 spiro atoms. The van der Waals surface area contributed by atoms with Crippen LogP contribution in [0.3, 0.4) is 0 Å². The first-order chi connectivity index (χ1) is 12.8. The highest BCUT2D eigenvalue weighted by molar-refractivity contribution is 5.68. The molecule has 4 aromatic rings. The third-order valence-corrected chi connectivity index (χ3v) is 4.26. The van der Waals surface area contributed by atoms with Gasteiger partial charge in [-0.3, -0.25) is 0 Å². The lowest BCUT2D eigenvalue weighted by Gasteiger charge is -2.16. The smallest absolute Gasteiger partial charge is 0.254 e. The number of para-hydroxylation sites is 1. The molecule has 0 aliphatic rings. The number of aryl methyl sites for hydroxylation is 1. The summed E-state index contributed by atoms with van der Waals surface area (Å²) in [6.45, 7) is 1.97. The highest BCUT2D eigenvalue weighted by atomic mass is 15.4. The molecule has 6 nitrogen and oxygen atoms in total. The quantitative estimate of drug-likeness (QED) is 0.613. The number of fused-ring (bicyclic) bond motifs is 1. The van der Waals surface area contributed by atoms with Gasteiger partial charge in [0.25, 0.3) is 5.78 Å². The average molecular weight is 340 g/mol. The molecule has 2 aromatic heterocycles. The summed E-state index contributed by atoms with van der Waals surface area (Å²) in [5, 5.41) is 17.1. The van der Waals surface area contributed by atoms with E-state index < -0.39 is 0 Å². The van der Waals surface area contributed by atoms with Gasteiger partial charge in [-0.05, 0) is 24.6 Å². The maximum atomic E-state index is 9.39. The summed E-state index contributed by atoms with van der Waals surface area (Å²) in [4.78, 5) is 8.77. The van der Waals surface area contributed by atoms with Crippen LogP contribution >= 0.6 is 0 Å². The largest absolute Gasteiger partial charge is 0.339 e. The summed E-state index contributed by atoms with van der Waals surface area (Å²) >= 11 is 0. The van der Waals surface area contributed by atoms with Gasteiger partial charge in [-0.1, -0.05) is 42.5 Å². The average Bonchev–Trinajstić information content (AvgIpc) is 3.14. The highest BCUT2D eigenvalue weighted by Gasteiger charge is 2.16. The van der Waals surface area contributed by atoms with E-state index in [1.807, 2.05) is 43.3 Å². The number of nitriles is 1. The Balaban J connectivity index is 1.87. The first kappa shape index (κ1) is 15.8. The molecule has 6 heteroatoms. The molecule has 0 aliphatic heterocycles. The summed E-state index contributed by atoms with van der Waals surface area (Å²) in [5.74, 6) is 1.30. The van der Waals surface area contributed by atoms with Gasteiger partial charge in [-0.2, -0.15) is 19.9 Å². The zero-order valence-corrected chi connectivity index (χ0v) is 14.2. The van der Waals surface area contributed by atoms with Crippen molar-refractivity contribution in [3.8, 4) is 6.07 Å². The monoisotopic (exact) mass is 340 g/mol. The van der Waals surface area contributed by atoms with Crippen LogP contribution in [0.1, 0.15) is 22.4 Å². The highest BCUT2D eigenvalue weighted by Crippen LogP contribution is 2.27. The van der Waals surface area contributed by atoms with Crippen LogP contribution in [0, 0.1) is 18.3 Å². The first-order valence-electron chi connectivity index (χ1n) is 8.25. The van der Waals surface area contributed by atoms with E-state index in [1.54, 1.807) is 10.6 Å². The molecule has 0 bridgehead atoms.